The monoisotopic (exact) mass is 349 g/mol. The number of hydrogen-bond acceptors (Lipinski definition) is 4. The van der Waals surface area contributed by atoms with E-state index < -0.39 is 0 Å². The molecule has 4 nitrogen and oxygen atoms in total. The van der Waals surface area contributed by atoms with E-state index in [1.807, 2.05) is 18.2 Å². The van der Waals surface area contributed by atoms with E-state index in [1.165, 1.54) is 18.4 Å². The van der Waals surface area contributed by atoms with E-state index in [-0.39, 0.29) is 0 Å². The number of aromatic nitrogens is 2. The maximum Gasteiger partial charge on any atom is 0.229 e. The summed E-state index contributed by atoms with van der Waals surface area (Å²) in [6, 6.07) is 8.14. The first-order chi connectivity index (χ1) is 10.3. The normalized spacial score (nSPS) is 22.4. The molecule has 1 aromatic carbocycles. The van der Waals surface area contributed by atoms with Crippen molar-refractivity contribution in [2.24, 2.45) is 11.7 Å². The smallest absolute Gasteiger partial charge is 0.229 e. The van der Waals surface area contributed by atoms with Crippen LogP contribution >= 0.6 is 15.9 Å². The van der Waals surface area contributed by atoms with Crippen LogP contribution in [0.1, 0.15) is 48.9 Å². The molecule has 112 valence electrons. The molecule has 0 saturated heterocycles. The fourth-order valence-corrected chi connectivity index (χ4v) is 3.39. The van der Waals surface area contributed by atoms with Gasteiger partial charge in [0, 0.05) is 16.8 Å². The van der Waals surface area contributed by atoms with Crippen molar-refractivity contribution >= 4 is 15.9 Å². The Bertz CT molecular complexity index is 591. The summed E-state index contributed by atoms with van der Waals surface area (Å²) in [4.78, 5) is 4.59. The minimum atomic E-state index is 0.410. The molecule has 1 aliphatic carbocycles. The lowest BCUT2D eigenvalue weighted by atomic mass is 9.82. The van der Waals surface area contributed by atoms with E-state index in [1.54, 1.807) is 0 Å². The SMILES string of the molecule is NCC1CCC(c2nc(Cc3ccccc3Br)no2)CC1. The molecule has 0 radical (unpaired) electrons. The van der Waals surface area contributed by atoms with Crippen molar-refractivity contribution < 1.29 is 4.52 Å². The van der Waals surface area contributed by atoms with Gasteiger partial charge in [0.2, 0.25) is 5.89 Å². The maximum atomic E-state index is 5.74. The summed E-state index contributed by atoms with van der Waals surface area (Å²) in [6.45, 7) is 0.795. The van der Waals surface area contributed by atoms with E-state index in [2.05, 4.69) is 32.1 Å². The van der Waals surface area contributed by atoms with Crippen molar-refractivity contribution in [3.05, 3.63) is 46.0 Å². The molecule has 0 amide bonds. The van der Waals surface area contributed by atoms with Crippen molar-refractivity contribution in [3.63, 3.8) is 0 Å². The van der Waals surface area contributed by atoms with Crippen LogP contribution in [0.2, 0.25) is 0 Å². The lowest BCUT2D eigenvalue weighted by Gasteiger charge is -2.24. The summed E-state index contributed by atoms with van der Waals surface area (Å²) in [5, 5.41) is 4.14. The molecule has 2 aromatic rings. The summed E-state index contributed by atoms with van der Waals surface area (Å²) in [7, 11) is 0. The number of benzene rings is 1. The molecule has 5 heteroatoms. The molecule has 0 unspecified atom stereocenters. The molecule has 1 fully saturated rings. The zero-order valence-electron chi connectivity index (χ0n) is 12.0. The summed E-state index contributed by atoms with van der Waals surface area (Å²) in [6.07, 6.45) is 5.26. The van der Waals surface area contributed by atoms with Gasteiger partial charge in [-0.25, -0.2) is 0 Å². The van der Waals surface area contributed by atoms with Gasteiger partial charge in [-0.15, -0.1) is 0 Å². The molecule has 0 atom stereocenters. The van der Waals surface area contributed by atoms with Crippen molar-refractivity contribution in [3.8, 4) is 0 Å². The number of hydrogen-bond donors (Lipinski definition) is 1. The van der Waals surface area contributed by atoms with Crippen molar-refractivity contribution in [1.82, 2.24) is 10.1 Å². The highest BCUT2D eigenvalue weighted by molar-refractivity contribution is 9.10. The third-order valence-electron chi connectivity index (χ3n) is 4.32. The second kappa shape index (κ2) is 6.71. The first kappa shape index (κ1) is 14.7. The highest BCUT2D eigenvalue weighted by Crippen LogP contribution is 2.34. The Labute approximate surface area is 133 Å². The van der Waals surface area contributed by atoms with Gasteiger partial charge in [0.1, 0.15) is 0 Å². The average Bonchev–Trinajstić information content (AvgIpc) is 2.98. The summed E-state index contributed by atoms with van der Waals surface area (Å²) in [5.41, 5.74) is 6.91. The molecule has 1 heterocycles. The lowest BCUT2D eigenvalue weighted by Crippen LogP contribution is -2.20. The van der Waals surface area contributed by atoms with Crippen LogP contribution in [-0.4, -0.2) is 16.7 Å². The van der Waals surface area contributed by atoms with Crippen LogP contribution in [0.15, 0.2) is 33.3 Å². The van der Waals surface area contributed by atoms with Crippen LogP contribution in [0.25, 0.3) is 0 Å². The summed E-state index contributed by atoms with van der Waals surface area (Å²) >= 11 is 3.55. The largest absolute Gasteiger partial charge is 0.339 e. The molecule has 0 bridgehead atoms. The zero-order valence-corrected chi connectivity index (χ0v) is 13.6. The molecule has 21 heavy (non-hydrogen) atoms. The highest BCUT2D eigenvalue weighted by atomic mass is 79.9. The van der Waals surface area contributed by atoms with E-state index in [0.717, 1.165) is 35.6 Å². The van der Waals surface area contributed by atoms with Crippen LogP contribution in [0.3, 0.4) is 0 Å². The third-order valence-corrected chi connectivity index (χ3v) is 5.09. The van der Waals surface area contributed by atoms with Crippen LogP contribution < -0.4 is 5.73 Å². The number of halogens is 1. The Hall–Kier alpha value is -1.20. The van der Waals surface area contributed by atoms with Gasteiger partial charge in [0.25, 0.3) is 0 Å². The van der Waals surface area contributed by atoms with Gasteiger partial charge in [-0.3, -0.25) is 0 Å². The van der Waals surface area contributed by atoms with E-state index in [0.29, 0.717) is 18.3 Å². The van der Waals surface area contributed by atoms with Crippen LogP contribution in [0.4, 0.5) is 0 Å². The Morgan fingerprint density at radius 2 is 1.95 bits per heavy atom. The fourth-order valence-electron chi connectivity index (χ4n) is 2.96. The van der Waals surface area contributed by atoms with Crippen LogP contribution in [0, 0.1) is 5.92 Å². The second-order valence-electron chi connectivity index (χ2n) is 5.77. The Balaban J connectivity index is 1.65. The second-order valence-corrected chi connectivity index (χ2v) is 6.62. The van der Waals surface area contributed by atoms with Gasteiger partial charge in [0.15, 0.2) is 5.82 Å². The third kappa shape index (κ3) is 3.52. The molecule has 1 aliphatic rings. The standard InChI is InChI=1S/C16H20BrN3O/c17-14-4-2-1-3-13(14)9-15-19-16(21-20-15)12-7-5-11(10-18)6-8-12/h1-4,11-12H,5-10,18H2. The summed E-state index contributed by atoms with van der Waals surface area (Å²) < 4.78 is 6.56. The maximum absolute atomic E-state index is 5.74. The zero-order chi connectivity index (χ0) is 14.7. The number of rotatable bonds is 4. The van der Waals surface area contributed by atoms with E-state index in [4.69, 9.17) is 10.3 Å². The first-order valence-electron chi connectivity index (χ1n) is 7.52. The topological polar surface area (TPSA) is 64.9 Å². The van der Waals surface area contributed by atoms with Crippen LogP contribution in [-0.2, 0) is 6.42 Å². The molecular weight excluding hydrogens is 330 g/mol. The van der Waals surface area contributed by atoms with Gasteiger partial charge in [-0.2, -0.15) is 4.98 Å². The van der Waals surface area contributed by atoms with E-state index >= 15 is 0 Å². The van der Waals surface area contributed by atoms with Gasteiger partial charge in [-0.1, -0.05) is 39.3 Å². The summed E-state index contributed by atoms with van der Waals surface area (Å²) in [5.74, 6) is 2.64. The lowest BCUT2D eigenvalue weighted by molar-refractivity contribution is 0.274. The van der Waals surface area contributed by atoms with Gasteiger partial charge in [-0.05, 0) is 49.8 Å². The van der Waals surface area contributed by atoms with Crippen molar-refractivity contribution in [1.29, 1.82) is 0 Å². The fraction of sp³-hybridized carbons (Fsp3) is 0.500. The molecule has 1 saturated carbocycles. The van der Waals surface area contributed by atoms with Crippen molar-refractivity contribution in [2.75, 3.05) is 6.54 Å². The van der Waals surface area contributed by atoms with Gasteiger partial charge in [0.05, 0.1) is 0 Å². The Morgan fingerprint density at radius 1 is 1.19 bits per heavy atom. The molecule has 1 aromatic heterocycles. The molecule has 0 spiro atoms. The molecule has 3 rings (SSSR count). The molecular formula is C16H20BrN3O. The van der Waals surface area contributed by atoms with E-state index in [9.17, 15) is 0 Å². The number of nitrogens with zero attached hydrogens (tertiary/aromatic N) is 2. The molecule has 0 aliphatic heterocycles. The van der Waals surface area contributed by atoms with Gasteiger partial charge >= 0.3 is 0 Å². The number of nitrogens with two attached hydrogens (primary N) is 1. The van der Waals surface area contributed by atoms with Gasteiger partial charge < -0.3 is 10.3 Å². The predicted octanol–water partition coefficient (Wildman–Crippen LogP) is 3.66. The first-order valence-corrected chi connectivity index (χ1v) is 8.31. The highest BCUT2D eigenvalue weighted by Gasteiger charge is 2.25. The average molecular weight is 350 g/mol. The Kier molecular flexibility index (Phi) is 4.70. The van der Waals surface area contributed by atoms with Crippen LogP contribution in [0.5, 0.6) is 0 Å². The predicted molar refractivity (Wildman–Crippen MR) is 85.0 cm³/mol. The minimum absolute atomic E-state index is 0.410. The Morgan fingerprint density at radius 3 is 2.67 bits per heavy atom. The van der Waals surface area contributed by atoms with Crippen molar-refractivity contribution in [2.45, 2.75) is 38.0 Å². The molecule has 2 N–H and O–H groups in total. The minimum Gasteiger partial charge on any atom is -0.339 e. The quantitative estimate of drug-likeness (QED) is 0.914.